The maximum atomic E-state index is 13.7. The van der Waals surface area contributed by atoms with Crippen LogP contribution in [0.5, 0.6) is 11.5 Å². The molecule has 1 saturated heterocycles. The Morgan fingerprint density at radius 1 is 0.889 bits per heavy atom. The smallest absolute Gasteiger partial charge is 0.231 e. The van der Waals surface area contributed by atoms with Gasteiger partial charge in [-0.3, -0.25) is 4.79 Å². The molecule has 1 aromatic carbocycles. The van der Waals surface area contributed by atoms with Crippen LogP contribution in [0, 0.1) is 17.8 Å². The van der Waals surface area contributed by atoms with E-state index in [1.54, 1.807) is 0 Å². The lowest BCUT2D eigenvalue weighted by molar-refractivity contribution is -0.142. The first-order valence-electron chi connectivity index (χ1n) is 11.0. The van der Waals surface area contributed by atoms with E-state index in [2.05, 4.69) is 17.0 Å². The number of benzene rings is 1. The summed E-state index contributed by atoms with van der Waals surface area (Å²) in [6.07, 6.45) is 11.2. The van der Waals surface area contributed by atoms with Crippen molar-refractivity contribution < 1.29 is 14.3 Å². The zero-order valence-corrected chi connectivity index (χ0v) is 16.2. The summed E-state index contributed by atoms with van der Waals surface area (Å²) in [5.74, 6) is 3.93. The van der Waals surface area contributed by atoms with Gasteiger partial charge in [0, 0.05) is 19.0 Å². The number of hydrogen-bond acceptors (Lipinski definition) is 3. The van der Waals surface area contributed by atoms with Crippen LogP contribution in [0.1, 0.15) is 69.3 Å². The molecule has 4 nitrogen and oxygen atoms in total. The van der Waals surface area contributed by atoms with Crippen LogP contribution in [-0.2, 0) is 4.79 Å². The van der Waals surface area contributed by atoms with Gasteiger partial charge in [-0.2, -0.15) is 0 Å². The van der Waals surface area contributed by atoms with Crippen molar-refractivity contribution >= 4 is 5.91 Å². The number of piperidine rings is 1. The molecule has 4 aliphatic rings. The van der Waals surface area contributed by atoms with Crippen molar-refractivity contribution in [2.45, 2.75) is 63.7 Å². The van der Waals surface area contributed by atoms with E-state index in [9.17, 15) is 4.79 Å². The number of carbonyl (C=O) groups excluding carboxylic acids is 1. The van der Waals surface area contributed by atoms with Gasteiger partial charge >= 0.3 is 0 Å². The largest absolute Gasteiger partial charge is 0.454 e. The lowest BCUT2D eigenvalue weighted by Gasteiger charge is -2.47. The molecule has 3 fully saturated rings. The topological polar surface area (TPSA) is 38.8 Å². The molecule has 2 aliphatic heterocycles. The Morgan fingerprint density at radius 2 is 1.70 bits per heavy atom. The van der Waals surface area contributed by atoms with Gasteiger partial charge < -0.3 is 14.4 Å². The van der Waals surface area contributed by atoms with Crippen LogP contribution in [0.25, 0.3) is 0 Å². The minimum absolute atomic E-state index is 0.155. The number of ether oxygens (including phenoxy) is 2. The number of rotatable bonds is 2. The highest BCUT2D eigenvalue weighted by molar-refractivity contribution is 5.80. The molecule has 1 amide bonds. The number of carbonyl (C=O) groups is 1. The van der Waals surface area contributed by atoms with Gasteiger partial charge in [0.2, 0.25) is 12.7 Å². The van der Waals surface area contributed by atoms with Gasteiger partial charge in [0.1, 0.15) is 0 Å². The molecular formula is C23H31NO3. The van der Waals surface area contributed by atoms with Gasteiger partial charge in [0.15, 0.2) is 11.5 Å². The van der Waals surface area contributed by atoms with Crippen molar-refractivity contribution in [2.75, 3.05) is 19.9 Å². The quantitative estimate of drug-likeness (QED) is 0.757. The van der Waals surface area contributed by atoms with Gasteiger partial charge in [0.25, 0.3) is 0 Å². The van der Waals surface area contributed by atoms with E-state index in [0.29, 0.717) is 24.5 Å². The summed E-state index contributed by atoms with van der Waals surface area (Å²) in [5, 5.41) is 0. The standard InChI is InChI=1S/C23H31NO3/c25-23(24-12-4-1-5-13-24)22-18-7-3-2-6-16(18)8-10-19(22)17-9-11-20-21(14-17)27-15-26-20/h9,11,14,16,18-19,22H,1-8,10,12-13,15H2/t16-,18+,19-,22-/m1/s1. The minimum Gasteiger partial charge on any atom is -0.454 e. The third-order valence-electron chi connectivity index (χ3n) is 7.49. The molecule has 27 heavy (non-hydrogen) atoms. The summed E-state index contributed by atoms with van der Waals surface area (Å²) in [6.45, 7) is 2.23. The van der Waals surface area contributed by atoms with Gasteiger partial charge in [0.05, 0.1) is 0 Å². The van der Waals surface area contributed by atoms with E-state index in [1.807, 2.05) is 6.07 Å². The molecule has 0 N–H and O–H groups in total. The third kappa shape index (κ3) is 3.21. The van der Waals surface area contributed by atoms with Crippen molar-refractivity contribution in [1.29, 1.82) is 0 Å². The van der Waals surface area contributed by atoms with E-state index in [4.69, 9.17) is 9.47 Å². The first kappa shape index (κ1) is 17.4. The van der Waals surface area contributed by atoms with Crippen LogP contribution < -0.4 is 9.47 Å². The first-order chi connectivity index (χ1) is 13.3. The second-order valence-electron chi connectivity index (χ2n) is 8.92. The van der Waals surface area contributed by atoms with Crippen LogP contribution in [-0.4, -0.2) is 30.7 Å². The molecule has 1 aromatic rings. The highest BCUT2D eigenvalue weighted by atomic mass is 16.7. The summed E-state index contributed by atoms with van der Waals surface area (Å²) in [4.78, 5) is 15.9. The molecule has 4 atom stereocenters. The molecule has 2 heterocycles. The maximum Gasteiger partial charge on any atom is 0.231 e. The van der Waals surface area contributed by atoms with Gasteiger partial charge in [-0.25, -0.2) is 0 Å². The molecule has 4 heteroatoms. The van der Waals surface area contributed by atoms with Crippen LogP contribution in [0.2, 0.25) is 0 Å². The summed E-state index contributed by atoms with van der Waals surface area (Å²) in [5.41, 5.74) is 1.28. The lowest BCUT2D eigenvalue weighted by Crippen LogP contribution is -2.48. The fraction of sp³-hybridized carbons (Fsp3) is 0.696. The first-order valence-corrected chi connectivity index (χ1v) is 11.0. The van der Waals surface area contributed by atoms with Crippen LogP contribution in [0.15, 0.2) is 18.2 Å². The molecular weight excluding hydrogens is 338 g/mol. The Balaban J connectivity index is 1.47. The van der Waals surface area contributed by atoms with E-state index in [1.165, 1.54) is 56.9 Å². The van der Waals surface area contributed by atoms with Gasteiger partial charge in [-0.1, -0.05) is 25.3 Å². The molecule has 5 rings (SSSR count). The zero-order valence-electron chi connectivity index (χ0n) is 16.2. The summed E-state index contributed by atoms with van der Waals surface area (Å²) in [7, 11) is 0. The van der Waals surface area contributed by atoms with E-state index >= 15 is 0 Å². The molecule has 0 bridgehead atoms. The summed E-state index contributed by atoms with van der Waals surface area (Å²) < 4.78 is 11.1. The van der Waals surface area contributed by atoms with Crippen LogP contribution in [0.3, 0.4) is 0 Å². The molecule has 2 saturated carbocycles. The minimum atomic E-state index is 0.155. The monoisotopic (exact) mass is 369 g/mol. The number of fused-ring (bicyclic) bond motifs is 2. The predicted molar refractivity (Wildman–Crippen MR) is 104 cm³/mol. The SMILES string of the molecule is O=C([C@@H]1[C@H]2CCCC[C@@H]2CC[C@@H]1c1ccc2c(c1)OCO2)N1CCCCC1. The normalized spacial score (nSPS) is 32.8. The van der Waals surface area contributed by atoms with E-state index in [-0.39, 0.29) is 5.92 Å². The zero-order chi connectivity index (χ0) is 18.2. The van der Waals surface area contributed by atoms with Gasteiger partial charge in [-0.15, -0.1) is 0 Å². The number of amides is 1. The molecule has 0 unspecified atom stereocenters. The maximum absolute atomic E-state index is 13.7. The third-order valence-corrected chi connectivity index (χ3v) is 7.49. The fourth-order valence-corrected chi connectivity index (χ4v) is 6.14. The Hall–Kier alpha value is -1.71. The fourth-order valence-electron chi connectivity index (χ4n) is 6.14. The Kier molecular flexibility index (Phi) is 4.75. The number of likely N-dealkylation sites (tertiary alicyclic amines) is 1. The summed E-state index contributed by atoms with van der Waals surface area (Å²) >= 11 is 0. The van der Waals surface area contributed by atoms with E-state index in [0.717, 1.165) is 36.9 Å². The van der Waals surface area contributed by atoms with Crippen molar-refractivity contribution in [1.82, 2.24) is 4.90 Å². The lowest BCUT2D eigenvalue weighted by atomic mass is 9.59. The second kappa shape index (κ2) is 7.37. The average molecular weight is 370 g/mol. The summed E-state index contributed by atoms with van der Waals surface area (Å²) in [6, 6.07) is 6.36. The van der Waals surface area contributed by atoms with E-state index < -0.39 is 0 Å². The molecule has 0 aromatic heterocycles. The predicted octanol–water partition coefficient (Wildman–Crippen LogP) is 4.73. The van der Waals surface area contributed by atoms with Crippen molar-refractivity contribution in [2.24, 2.45) is 17.8 Å². The molecule has 2 aliphatic carbocycles. The highest BCUT2D eigenvalue weighted by Gasteiger charge is 2.46. The van der Waals surface area contributed by atoms with Crippen molar-refractivity contribution in [3.8, 4) is 11.5 Å². The van der Waals surface area contributed by atoms with Crippen molar-refractivity contribution in [3.63, 3.8) is 0 Å². The van der Waals surface area contributed by atoms with Crippen LogP contribution in [0.4, 0.5) is 0 Å². The van der Waals surface area contributed by atoms with Crippen LogP contribution >= 0.6 is 0 Å². The highest BCUT2D eigenvalue weighted by Crippen LogP contribution is 2.51. The second-order valence-corrected chi connectivity index (χ2v) is 8.92. The Labute approximate surface area is 162 Å². The Bertz CT molecular complexity index is 697. The molecule has 0 radical (unpaired) electrons. The number of nitrogens with zero attached hydrogens (tertiary/aromatic N) is 1. The van der Waals surface area contributed by atoms with Gasteiger partial charge in [-0.05, 0) is 74.0 Å². The number of hydrogen-bond donors (Lipinski definition) is 0. The Morgan fingerprint density at radius 3 is 2.59 bits per heavy atom. The molecule has 146 valence electrons. The average Bonchev–Trinajstić information content (AvgIpc) is 3.21. The molecule has 0 spiro atoms. The van der Waals surface area contributed by atoms with Crippen molar-refractivity contribution in [3.05, 3.63) is 23.8 Å².